The normalized spacial score (nSPS) is 16.3. The Morgan fingerprint density at radius 3 is 2.49 bits per heavy atom. The van der Waals surface area contributed by atoms with Gasteiger partial charge in [-0.3, -0.25) is 0 Å². The molecule has 0 bridgehead atoms. The van der Waals surface area contributed by atoms with Crippen molar-refractivity contribution >= 4 is 23.3 Å². The molecule has 8 nitrogen and oxygen atoms in total. The quantitative estimate of drug-likeness (QED) is 0.468. The molecule has 1 aliphatic rings. The number of rotatable bonds is 6. The van der Waals surface area contributed by atoms with Gasteiger partial charge in [-0.05, 0) is 44.2 Å². The largest absolute Gasteiger partial charge is 0.495 e. The van der Waals surface area contributed by atoms with Crippen molar-refractivity contribution in [2.45, 2.75) is 26.3 Å². The van der Waals surface area contributed by atoms with Gasteiger partial charge in [0.1, 0.15) is 12.0 Å². The highest BCUT2D eigenvalue weighted by molar-refractivity contribution is 6.01. The first kappa shape index (κ1) is 26.1. The third-order valence-corrected chi connectivity index (χ3v) is 5.41. The molecule has 3 N–H and O–H groups in total. The number of hydrogen-bond donors (Lipinski definition) is 2. The van der Waals surface area contributed by atoms with E-state index < -0.39 is 18.0 Å². The van der Waals surface area contributed by atoms with Gasteiger partial charge in [0.15, 0.2) is 5.96 Å². The Labute approximate surface area is 203 Å². The van der Waals surface area contributed by atoms with E-state index in [4.69, 9.17) is 15.2 Å². The third kappa shape index (κ3) is 7.25. The van der Waals surface area contributed by atoms with Crippen LogP contribution in [0.4, 0.5) is 24.5 Å². The predicted molar refractivity (Wildman–Crippen MR) is 132 cm³/mol. The monoisotopic (exact) mass is 492 g/mol. The van der Waals surface area contributed by atoms with E-state index in [1.165, 1.54) is 12.1 Å². The summed E-state index contributed by atoms with van der Waals surface area (Å²) in [6.45, 7) is 6.56. The first-order valence-electron chi connectivity index (χ1n) is 11.3. The van der Waals surface area contributed by atoms with Gasteiger partial charge in [-0.1, -0.05) is 18.2 Å². The zero-order valence-electron chi connectivity index (χ0n) is 20.0. The van der Waals surface area contributed by atoms with Gasteiger partial charge in [0, 0.05) is 38.5 Å². The molecule has 35 heavy (non-hydrogen) atoms. The Morgan fingerprint density at radius 2 is 1.83 bits per heavy atom. The molecule has 1 heterocycles. The molecule has 1 saturated heterocycles. The molecule has 0 aliphatic carbocycles. The lowest BCUT2D eigenvalue weighted by molar-refractivity contribution is -0.137. The van der Waals surface area contributed by atoms with E-state index in [0.717, 1.165) is 23.6 Å². The number of nitrogens with two attached hydrogens (primary N) is 1. The van der Waals surface area contributed by atoms with Crippen LogP contribution in [-0.4, -0.2) is 62.9 Å². The van der Waals surface area contributed by atoms with Crippen molar-refractivity contribution in [2.75, 3.05) is 50.1 Å². The molecule has 1 fully saturated rings. The Kier molecular flexibility index (Phi) is 8.80. The molecule has 0 aromatic heterocycles. The number of para-hydroxylation sites is 2. The molecular weight excluding hydrogens is 461 g/mol. The molecule has 0 spiro atoms. The van der Waals surface area contributed by atoms with E-state index in [1.54, 1.807) is 14.0 Å². The first-order chi connectivity index (χ1) is 16.7. The summed E-state index contributed by atoms with van der Waals surface area (Å²) in [7, 11) is 1.64. The van der Waals surface area contributed by atoms with Crippen LogP contribution in [0.2, 0.25) is 0 Å². The number of ether oxygens (including phenoxy) is 2. The summed E-state index contributed by atoms with van der Waals surface area (Å²) in [6, 6.07) is 12.6. The Balaban J connectivity index is 1.75. The molecule has 2 aromatic carbocycles. The van der Waals surface area contributed by atoms with Gasteiger partial charge in [-0.2, -0.15) is 18.2 Å². The Morgan fingerprint density at radius 1 is 1.11 bits per heavy atom. The van der Waals surface area contributed by atoms with Crippen LogP contribution in [0, 0.1) is 0 Å². The van der Waals surface area contributed by atoms with E-state index in [0.29, 0.717) is 32.8 Å². The molecule has 1 aliphatic heterocycles. The fourth-order valence-electron chi connectivity index (χ4n) is 3.69. The second-order valence-electron chi connectivity index (χ2n) is 7.83. The molecule has 0 radical (unpaired) electrons. The second-order valence-corrected chi connectivity index (χ2v) is 7.83. The van der Waals surface area contributed by atoms with Gasteiger partial charge in [-0.25, -0.2) is 4.99 Å². The topological polar surface area (TPSA) is 87.7 Å². The van der Waals surface area contributed by atoms with Crippen molar-refractivity contribution in [2.24, 2.45) is 15.7 Å². The lowest BCUT2D eigenvalue weighted by Gasteiger charge is -2.37. The maximum absolute atomic E-state index is 13.1. The summed E-state index contributed by atoms with van der Waals surface area (Å²) in [5.41, 5.74) is 6.71. The van der Waals surface area contributed by atoms with Gasteiger partial charge in [0.2, 0.25) is 5.96 Å². The van der Waals surface area contributed by atoms with Gasteiger partial charge in [0.25, 0.3) is 0 Å². The fourth-order valence-corrected chi connectivity index (χ4v) is 3.69. The van der Waals surface area contributed by atoms with Gasteiger partial charge >= 0.3 is 6.18 Å². The highest BCUT2D eigenvalue weighted by atomic mass is 19.4. The minimum atomic E-state index is -4.46. The molecule has 3 rings (SSSR count). The SMILES string of the molecule is CCOC(C)N=C(N=C(N)N1CCN(c2ccccc2OC)CC1)Nc1cccc(C(F)(F)F)c1. The summed E-state index contributed by atoms with van der Waals surface area (Å²) in [5, 5.41) is 2.85. The summed E-state index contributed by atoms with van der Waals surface area (Å²) in [6.07, 6.45) is -5.02. The van der Waals surface area contributed by atoms with Crippen molar-refractivity contribution in [3.8, 4) is 5.75 Å². The van der Waals surface area contributed by atoms with E-state index in [1.807, 2.05) is 36.1 Å². The van der Waals surface area contributed by atoms with Gasteiger partial charge in [-0.15, -0.1) is 0 Å². The Hall–Kier alpha value is -3.47. The van der Waals surface area contributed by atoms with Crippen molar-refractivity contribution in [1.29, 1.82) is 0 Å². The third-order valence-electron chi connectivity index (χ3n) is 5.41. The van der Waals surface area contributed by atoms with Crippen LogP contribution in [0.3, 0.4) is 0 Å². The predicted octanol–water partition coefficient (Wildman–Crippen LogP) is 4.00. The number of nitrogens with zero attached hydrogens (tertiary/aromatic N) is 4. The van der Waals surface area contributed by atoms with Crippen LogP contribution in [0.1, 0.15) is 19.4 Å². The van der Waals surface area contributed by atoms with Crippen molar-refractivity contribution < 1.29 is 22.6 Å². The van der Waals surface area contributed by atoms with Crippen molar-refractivity contribution in [1.82, 2.24) is 4.90 Å². The lowest BCUT2D eigenvalue weighted by atomic mass is 10.2. The standard InChI is InChI=1S/C24H31F3N6O2/c1-4-35-17(2)29-23(30-19-9-7-8-18(16-19)24(25,26)27)31-22(28)33-14-12-32(13-15-33)20-10-5-6-11-21(20)34-3/h5-11,16-17H,4,12-15H2,1-3H3,(H3,28,29,30,31). The zero-order valence-corrected chi connectivity index (χ0v) is 20.0. The number of benzene rings is 2. The molecule has 0 amide bonds. The van der Waals surface area contributed by atoms with E-state index in [9.17, 15) is 13.2 Å². The van der Waals surface area contributed by atoms with Crippen molar-refractivity contribution in [3.05, 3.63) is 54.1 Å². The molecule has 0 saturated carbocycles. The van der Waals surface area contributed by atoms with Crippen molar-refractivity contribution in [3.63, 3.8) is 0 Å². The second kappa shape index (κ2) is 11.8. The van der Waals surface area contributed by atoms with Crippen LogP contribution in [-0.2, 0) is 10.9 Å². The van der Waals surface area contributed by atoms with Crippen LogP contribution < -0.4 is 20.7 Å². The lowest BCUT2D eigenvalue weighted by Crippen LogP contribution is -2.51. The number of piperazine rings is 1. The molecule has 2 aromatic rings. The smallest absolute Gasteiger partial charge is 0.416 e. The summed E-state index contributed by atoms with van der Waals surface area (Å²) >= 11 is 0. The number of nitrogens with one attached hydrogen (secondary N) is 1. The number of hydrogen-bond acceptors (Lipinski definition) is 4. The average Bonchev–Trinajstić information content (AvgIpc) is 2.84. The average molecular weight is 493 g/mol. The highest BCUT2D eigenvalue weighted by Gasteiger charge is 2.30. The number of alkyl halides is 3. The summed E-state index contributed by atoms with van der Waals surface area (Å²) in [5.74, 6) is 1.08. The first-order valence-corrected chi connectivity index (χ1v) is 11.3. The summed E-state index contributed by atoms with van der Waals surface area (Å²) < 4.78 is 50.3. The zero-order chi connectivity index (χ0) is 25.4. The minimum absolute atomic E-state index is 0.0648. The van der Waals surface area contributed by atoms with Gasteiger partial charge < -0.3 is 30.3 Å². The highest BCUT2D eigenvalue weighted by Crippen LogP contribution is 2.31. The van der Waals surface area contributed by atoms with Crippen LogP contribution >= 0.6 is 0 Å². The molecule has 11 heteroatoms. The number of anilines is 2. The van der Waals surface area contributed by atoms with Gasteiger partial charge in [0.05, 0.1) is 18.4 Å². The number of halogens is 3. The van der Waals surface area contributed by atoms with Crippen LogP contribution in [0.5, 0.6) is 5.75 Å². The number of aliphatic imine (C=N–C) groups is 2. The van der Waals surface area contributed by atoms with E-state index in [2.05, 4.69) is 20.2 Å². The molecular formula is C24H31F3N6O2. The maximum atomic E-state index is 13.1. The fraction of sp³-hybridized carbons (Fsp3) is 0.417. The minimum Gasteiger partial charge on any atom is -0.495 e. The van der Waals surface area contributed by atoms with Crippen LogP contribution in [0.15, 0.2) is 58.5 Å². The number of guanidine groups is 2. The molecule has 1 unspecified atom stereocenters. The van der Waals surface area contributed by atoms with Crippen LogP contribution in [0.25, 0.3) is 0 Å². The summed E-state index contributed by atoms with van der Waals surface area (Å²) in [4.78, 5) is 12.9. The molecule has 1 atom stereocenters. The molecule has 190 valence electrons. The Bertz CT molecular complexity index is 1040. The van der Waals surface area contributed by atoms with E-state index in [-0.39, 0.29) is 17.6 Å². The number of methoxy groups -OCH3 is 1. The maximum Gasteiger partial charge on any atom is 0.416 e. The van der Waals surface area contributed by atoms with E-state index >= 15 is 0 Å².